The minimum Gasteiger partial charge on any atom is -0.496 e. The molecule has 0 bridgehead atoms. The summed E-state index contributed by atoms with van der Waals surface area (Å²) in [6.45, 7) is 7.61. The van der Waals surface area contributed by atoms with E-state index in [1.807, 2.05) is 11.0 Å². The molecule has 7 nitrogen and oxygen atoms in total. The Balaban J connectivity index is 1.68. The van der Waals surface area contributed by atoms with Crippen molar-refractivity contribution in [3.8, 4) is 11.5 Å². The zero-order valence-corrected chi connectivity index (χ0v) is 20.1. The minimum atomic E-state index is -0.0976. The van der Waals surface area contributed by atoms with Crippen LogP contribution in [0, 0.1) is 11.8 Å². The maximum Gasteiger partial charge on any atom is 0.261 e. The molecular formula is C25H39N3O4. The van der Waals surface area contributed by atoms with Crippen LogP contribution in [0.5, 0.6) is 11.5 Å². The van der Waals surface area contributed by atoms with E-state index in [0.717, 1.165) is 25.8 Å². The van der Waals surface area contributed by atoms with Crippen LogP contribution in [0.3, 0.4) is 0 Å². The summed E-state index contributed by atoms with van der Waals surface area (Å²) < 4.78 is 10.8. The summed E-state index contributed by atoms with van der Waals surface area (Å²) in [7, 11) is 3.13. The number of nitrogens with zero attached hydrogens (tertiary/aromatic N) is 2. The van der Waals surface area contributed by atoms with Gasteiger partial charge in [0, 0.05) is 32.7 Å². The van der Waals surface area contributed by atoms with Crippen molar-refractivity contribution in [3.05, 3.63) is 23.8 Å². The largest absolute Gasteiger partial charge is 0.496 e. The lowest BCUT2D eigenvalue weighted by molar-refractivity contribution is -0.129. The summed E-state index contributed by atoms with van der Waals surface area (Å²) in [6, 6.07) is 5.28. The maximum absolute atomic E-state index is 13.3. The van der Waals surface area contributed by atoms with Crippen LogP contribution in [0.15, 0.2) is 18.2 Å². The van der Waals surface area contributed by atoms with Crippen molar-refractivity contribution < 1.29 is 19.1 Å². The van der Waals surface area contributed by atoms with E-state index in [0.29, 0.717) is 55.1 Å². The lowest BCUT2D eigenvalue weighted by Crippen LogP contribution is -2.58. The summed E-state index contributed by atoms with van der Waals surface area (Å²) in [5.41, 5.74) is 0.463. The van der Waals surface area contributed by atoms with Crippen molar-refractivity contribution >= 4 is 11.8 Å². The Morgan fingerprint density at radius 2 is 1.66 bits per heavy atom. The SMILES string of the molecule is CC[C@@H](C)CNC(=O)[C@@H](C1CCCC1)N1CCN(C(=O)c2c(OC)cccc2OC)CC1. The first kappa shape index (κ1) is 24.4. The number of amides is 2. The highest BCUT2D eigenvalue weighted by Crippen LogP contribution is 2.32. The van der Waals surface area contributed by atoms with Gasteiger partial charge >= 0.3 is 0 Å². The van der Waals surface area contributed by atoms with Gasteiger partial charge in [0.05, 0.1) is 20.3 Å². The van der Waals surface area contributed by atoms with E-state index in [-0.39, 0.29) is 17.9 Å². The Morgan fingerprint density at radius 1 is 1.06 bits per heavy atom. The Kier molecular flexibility index (Phi) is 8.79. The normalized spacial score (nSPS) is 19.4. The lowest BCUT2D eigenvalue weighted by Gasteiger charge is -2.41. The maximum atomic E-state index is 13.3. The van der Waals surface area contributed by atoms with Gasteiger partial charge in [-0.25, -0.2) is 0 Å². The third-order valence-corrected chi connectivity index (χ3v) is 7.07. The van der Waals surface area contributed by atoms with Gasteiger partial charge in [0.1, 0.15) is 17.1 Å². The third-order valence-electron chi connectivity index (χ3n) is 7.07. The number of benzene rings is 1. The fraction of sp³-hybridized carbons (Fsp3) is 0.680. The van der Waals surface area contributed by atoms with E-state index < -0.39 is 0 Å². The molecule has 2 fully saturated rings. The van der Waals surface area contributed by atoms with Gasteiger partial charge in [-0.05, 0) is 36.8 Å². The number of ether oxygens (including phenoxy) is 2. The molecule has 1 heterocycles. The molecule has 0 unspecified atom stereocenters. The monoisotopic (exact) mass is 445 g/mol. The molecule has 3 rings (SSSR count). The van der Waals surface area contributed by atoms with E-state index >= 15 is 0 Å². The quantitative estimate of drug-likeness (QED) is 0.632. The van der Waals surface area contributed by atoms with Crippen molar-refractivity contribution in [1.29, 1.82) is 0 Å². The molecule has 2 amide bonds. The molecule has 32 heavy (non-hydrogen) atoms. The molecule has 1 aliphatic heterocycles. The zero-order chi connectivity index (χ0) is 23.1. The molecule has 2 atom stereocenters. The van der Waals surface area contributed by atoms with E-state index in [4.69, 9.17) is 9.47 Å². The van der Waals surface area contributed by atoms with Crippen molar-refractivity contribution in [3.63, 3.8) is 0 Å². The number of piperazine rings is 1. The summed E-state index contributed by atoms with van der Waals surface area (Å²) >= 11 is 0. The Morgan fingerprint density at radius 3 is 2.19 bits per heavy atom. The van der Waals surface area contributed by atoms with Gasteiger partial charge in [-0.3, -0.25) is 14.5 Å². The van der Waals surface area contributed by atoms with Crippen molar-refractivity contribution in [1.82, 2.24) is 15.1 Å². The Bertz CT molecular complexity index is 748. The third kappa shape index (κ3) is 5.55. The van der Waals surface area contributed by atoms with Crippen LogP contribution in [0.4, 0.5) is 0 Å². The molecule has 0 spiro atoms. The van der Waals surface area contributed by atoms with E-state index in [2.05, 4.69) is 24.1 Å². The predicted molar refractivity (Wildman–Crippen MR) is 125 cm³/mol. The first-order valence-electron chi connectivity index (χ1n) is 12.0. The Labute approximate surface area is 192 Å². The van der Waals surface area contributed by atoms with Crippen molar-refractivity contribution in [2.45, 2.75) is 52.0 Å². The molecule has 1 aliphatic carbocycles. The highest BCUT2D eigenvalue weighted by Gasteiger charge is 2.38. The van der Waals surface area contributed by atoms with Crippen molar-refractivity contribution in [2.75, 3.05) is 46.9 Å². The first-order chi connectivity index (χ1) is 15.5. The van der Waals surface area contributed by atoms with Gasteiger partial charge in [0.2, 0.25) is 5.91 Å². The number of carbonyl (C=O) groups excluding carboxylic acids is 2. The molecule has 1 saturated carbocycles. The molecule has 1 saturated heterocycles. The van der Waals surface area contributed by atoms with Crippen LogP contribution in [0.25, 0.3) is 0 Å². The summed E-state index contributed by atoms with van der Waals surface area (Å²) in [5.74, 6) is 1.99. The number of hydrogen-bond acceptors (Lipinski definition) is 5. The second-order valence-corrected chi connectivity index (χ2v) is 9.11. The molecule has 1 aromatic rings. The second kappa shape index (κ2) is 11.5. The molecule has 178 valence electrons. The number of hydrogen-bond donors (Lipinski definition) is 1. The topological polar surface area (TPSA) is 71.1 Å². The van der Waals surface area contributed by atoms with Crippen LogP contribution in [0.1, 0.15) is 56.3 Å². The standard InChI is InChI=1S/C25H39N3O4/c1-5-18(2)17-26-24(29)23(19-9-6-7-10-19)27-13-15-28(16-14-27)25(30)22-20(31-3)11-8-12-21(22)32-4/h8,11-12,18-19,23H,5-7,9-10,13-17H2,1-4H3,(H,26,29)/t18-,23-/m1/s1. The van der Waals surface area contributed by atoms with Crippen LogP contribution < -0.4 is 14.8 Å². The van der Waals surface area contributed by atoms with Gasteiger partial charge in [0.15, 0.2) is 0 Å². The minimum absolute atomic E-state index is 0.0856. The van der Waals surface area contributed by atoms with Gasteiger partial charge < -0.3 is 19.7 Å². The number of nitrogens with one attached hydrogen (secondary N) is 1. The predicted octanol–water partition coefficient (Wildman–Crippen LogP) is 3.18. The summed E-state index contributed by atoms with van der Waals surface area (Å²) in [6.07, 6.45) is 5.68. The highest BCUT2D eigenvalue weighted by atomic mass is 16.5. The molecule has 7 heteroatoms. The van der Waals surface area contributed by atoms with Crippen LogP contribution in [-0.4, -0.2) is 74.6 Å². The fourth-order valence-corrected chi connectivity index (χ4v) is 4.90. The average Bonchev–Trinajstić information content (AvgIpc) is 3.36. The number of carbonyl (C=O) groups is 2. The molecular weight excluding hydrogens is 406 g/mol. The molecule has 1 aromatic carbocycles. The van der Waals surface area contributed by atoms with Crippen LogP contribution in [-0.2, 0) is 4.79 Å². The van der Waals surface area contributed by atoms with E-state index in [1.54, 1.807) is 26.4 Å². The average molecular weight is 446 g/mol. The molecule has 1 N–H and O–H groups in total. The fourth-order valence-electron chi connectivity index (χ4n) is 4.90. The zero-order valence-electron chi connectivity index (χ0n) is 20.1. The van der Waals surface area contributed by atoms with Crippen molar-refractivity contribution in [2.24, 2.45) is 11.8 Å². The van der Waals surface area contributed by atoms with Crippen LogP contribution in [0.2, 0.25) is 0 Å². The van der Waals surface area contributed by atoms with Gasteiger partial charge in [-0.2, -0.15) is 0 Å². The Hall–Kier alpha value is -2.28. The number of methoxy groups -OCH3 is 2. The molecule has 0 radical (unpaired) electrons. The highest BCUT2D eigenvalue weighted by molar-refractivity contribution is 5.99. The lowest BCUT2D eigenvalue weighted by atomic mass is 9.94. The molecule has 2 aliphatic rings. The smallest absolute Gasteiger partial charge is 0.261 e. The van der Waals surface area contributed by atoms with Crippen LogP contribution >= 0.6 is 0 Å². The second-order valence-electron chi connectivity index (χ2n) is 9.11. The van der Waals surface area contributed by atoms with Gasteiger partial charge in [-0.15, -0.1) is 0 Å². The molecule has 0 aromatic heterocycles. The van der Waals surface area contributed by atoms with Gasteiger partial charge in [0.25, 0.3) is 5.91 Å². The summed E-state index contributed by atoms with van der Waals surface area (Å²) in [4.78, 5) is 30.6. The van der Waals surface area contributed by atoms with Gasteiger partial charge in [-0.1, -0.05) is 39.2 Å². The van der Waals surface area contributed by atoms with E-state index in [1.165, 1.54) is 12.8 Å². The number of rotatable bonds is 9. The van der Waals surface area contributed by atoms with E-state index in [9.17, 15) is 9.59 Å². The first-order valence-corrected chi connectivity index (χ1v) is 12.0. The summed E-state index contributed by atoms with van der Waals surface area (Å²) in [5, 5.41) is 3.20.